The fraction of sp³-hybridized carbons (Fsp3) is 0.333. The van der Waals surface area contributed by atoms with Crippen molar-refractivity contribution in [1.29, 1.82) is 0 Å². The van der Waals surface area contributed by atoms with Crippen LogP contribution in [0.5, 0.6) is 0 Å². The van der Waals surface area contributed by atoms with E-state index >= 15 is 0 Å². The maximum atomic E-state index is 13.5. The Morgan fingerprint density at radius 3 is 2.25 bits per heavy atom. The molecule has 0 saturated heterocycles. The number of benzene rings is 1. The average Bonchev–Trinajstić information content (AvgIpc) is 2.27. The molecule has 0 heterocycles. The summed E-state index contributed by atoms with van der Waals surface area (Å²) in [6.07, 6.45) is -0.335. The summed E-state index contributed by atoms with van der Waals surface area (Å²) in [5.41, 5.74) is 10.1. The number of primary amides is 1. The molecule has 2 unspecified atom stereocenters. The van der Waals surface area contributed by atoms with Crippen LogP contribution in [-0.4, -0.2) is 17.9 Å². The van der Waals surface area contributed by atoms with E-state index in [2.05, 4.69) is 5.32 Å². The predicted octanol–water partition coefficient (Wildman–Crippen LogP) is 0.766. The Labute approximate surface area is 121 Å². The largest absolute Gasteiger partial charge is 0.370 e. The van der Waals surface area contributed by atoms with Crippen molar-refractivity contribution >= 4 is 24.2 Å². The molecule has 0 fully saturated rings. The second-order valence-electron chi connectivity index (χ2n) is 4.14. The van der Waals surface area contributed by atoms with Gasteiger partial charge >= 0.3 is 0 Å². The molecule has 2 atom stereocenters. The molecule has 0 spiro atoms. The summed E-state index contributed by atoms with van der Waals surface area (Å²) >= 11 is 0. The molecule has 0 radical (unpaired) electrons. The number of amides is 2. The van der Waals surface area contributed by atoms with Crippen molar-refractivity contribution in [2.45, 2.75) is 25.4 Å². The molecule has 0 bridgehead atoms. The van der Waals surface area contributed by atoms with Crippen molar-refractivity contribution in [1.82, 2.24) is 5.32 Å². The highest BCUT2D eigenvalue weighted by Crippen LogP contribution is 2.20. The second-order valence-corrected chi connectivity index (χ2v) is 4.14. The zero-order valence-electron chi connectivity index (χ0n) is 10.7. The molecule has 2 amide bonds. The SMILES string of the molecule is CC(NC(=O)C(N)CC(N)=O)c1c(F)cccc1F.Cl. The average molecular weight is 308 g/mol. The van der Waals surface area contributed by atoms with E-state index in [4.69, 9.17) is 11.5 Å². The maximum absolute atomic E-state index is 13.5. The number of hydrogen-bond acceptors (Lipinski definition) is 3. The third-order valence-corrected chi connectivity index (χ3v) is 2.55. The van der Waals surface area contributed by atoms with Gasteiger partial charge in [-0.05, 0) is 19.1 Å². The van der Waals surface area contributed by atoms with E-state index in [0.29, 0.717) is 0 Å². The van der Waals surface area contributed by atoms with Gasteiger partial charge in [-0.25, -0.2) is 8.78 Å². The van der Waals surface area contributed by atoms with Crippen molar-refractivity contribution in [3.8, 4) is 0 Å². The highest BCUT2D eigenvalue weighted by molar-refractivity contribution is 5.87. The molecular formula is C12H16ClF2N3O2. The predicted molar refractivity (Wildman–Crippen MR) is 72.0 cm³/mol. The molecule has 0 aromatic heterocycles. The first-order chi connectivity index (χ1) is 8.82. The molecule has 5 nitrogen and oxygen atoms in total. The van der Waals surface area contributed by atoms with E-state index in [-0.39, 0.29) is 24.4 Å². The fourth-order valence-electron chi connectivity index (χ4n) is 1.63. The van der Waals surface area contributed by atoms with E-state index in [1.165, 1.54) is 13.0 Å². The zero-order valence-corrected chi connectivity index (χ0v) is 11.5. The second kappa shape index (κ2) is 7.76. The van der Waals surface area contributed by atoms with Gasteiger partial charge in [-0.1, -0.05) is 6.07 Å². The van der Waals surface area contributed by atoms with Crippen LogP contribution in [0.3, 0.4) is 0 Å². The first kappa shape index (κ1) is 18.3. The lowest BCUT2D eigenvalue weighted by Gasteiger charge is -2.18. The van der Waals surface area contributed by atoms with Crippen LogP contribution in [-0.2, 0) is 9.59 Å². The topological polar surface area (TPSA) is 98.2 Å². The fourth-order valence-corrected chi connectivity index (χ4v) is 1.63. The van der Waals surface area contributed by atoms with Gasteiger partial charge in [0.2, 0.25) is 11.8 Å². The highest BCUT2D eigenvalue weighted by atomic mass is 35.5. The molecule has 5 N–H and O–H groups in total. The molecule has 0 aliphatic rings. The summed E-state index contributed by atoms with van der Waals surface area (Å²) in [6, 6.07) is 1.35. The minimum absolute atomic E-state index is 0. The summed E-state index contributed by atoms with van der Waals surface area (Å²) in [5.74, 6) is -2.96. The number of carbonyl (C=O) groups excluding carboxylic acids is 2. The van der Waals surface area contributed by atoms with Gasteiger partial charge in [0, 0.05) is 5.56 Å². The summed E-state index contributed by atoms with van der Waals surface area (Å²) in [4.78, 5) is 22.2. The number of carbonyl (C=O) groups is 2. The van der Waals surface area contributed by atoms with Crippen LogP contribution in [0, 0.1) is 11.6 Å². The number of rotatable bonds is 5. The smallest absolute Gasteiger partial charge is 0.237 e. The van der Waals surface area contributed by atoms with Crippen LogP contribution in [0.25, 0.3) is 0 Å². The maximum Gasteiger partial charge on any atom is 0.237 e. The monoisotopic (exact) mass is 307 g/mol. The summed E-state index contributed by atoms with van der Waals surface area (Å²) in [5, 5.41) is 2.33. The van der Waals surface area contributed by atoms with Gasteiger partial charge in [0.25, 0.3) is 0 Å². The molecule has 1 aromatic carbocycles. The number of halogens is 3. The Hall–Kier alpha value is -1.73. The molecule has 1 aromatic rings. The van der Waals surface area contributed by atoms with Crippen LogP contribution in [0.4, 0.5) is 8.78 Å². The third-order valence-electron chi connectivity index (χ3n) is 2.55. The molecule has 20 heavy (non-hydrogen) atoms. The molecule has 1 rings (SSSR count). The highest BCUT2D eigenvalue weighted by Gasteiger charge is 2.21. The molecule has 0 aliphatic heterocycles. The summed E-state index contributed by atoms with van der Waals surface area (Å²) < 4.78 is 26.9. The van der Waals surface area contributed by atoms with Gasteiger partial charge in [0.1, 0.15) is 11.6 Å². The Balaban J connectivity index is 0.00000361. The van der Waals surface area contributed by atoms with E-state index in [0.717, 1.165) is 12.1 Å². The molecule has 0 aliphatic carbocycles. The lowest BCUT2D eigenvalue weighted by molar-refractivity contribution is -0.126. The summed E-state index contributed by atoms with van der Waals surface area (Å²) in [6.45, 7) is 1.41. The van der Waals surface area contributed by atoms with E-state index < -0.39 is 35.5 Å². The van der Waals surface area contributed by atoms with E-state index in [9.17, 15) is 18.4 Å². The van der Waals surface area contributed by atoms with Crippen molar-refractivity contribution in [3.05, 3.63) is 35.4 Å². The Bertz CT molecular complexity index is 479. The molecule has 0 saturated carbocycles. The minimum atomic E-state index is -1.14. The Morgan fingerprint density at radius 2 is 1.80 bits per heavy atom. The van der Waals surface area contributed by atoms with Crippen LogP contribution in [0.15, 0.2) is 18.2 Å². The Morgan fingerprint density at radius 1 is 1.30 bits per heavy atom. The van der Waals surface area contributed by atoms with Gasteiger partial charge in [0.15, 0.2) is 0 Å². The van der Waals surface area contributed by atoms with Gasteiger partial charge in [-0.15, -0.1) is 12.4 Å². The first-order valence-corrected chi connectivity index (χ1v) is 5.61. The summed E-state index contributed by atoms with van der Waals surface area (Å²) in [7, 11) is 0. The third kappa shape index (κ3) is 4.75. The lowest BCUT2D eigenvalue weighted by Crippen LogP contribution is -2.44. The van der Waals surface area contributed by atoms with Crippen LogP contribution in [0.2, 0.25) is 0 Å². The van der Waals surface area contributed by atoms with Gasteiger partial charge in [-0.3, -0.25) is 9.59 Å². The number of nitrogens with one attached hydrogen (secondary N) is 1. The van der Waals surface area contributed by atoms with Crippen LogP contribution < -0.4 is 16.8 Å². The van der Waals surface area contributed by atoms with Gasteiger partial charge < -0.3 is 16.8 Å². The molecule has 112 valence electrons. The Kier molecular flexibility index (Phi) is 7.09. The molecular weight excluding hydrogens is 292 g/mol. The number of hydrogen-bond donors (Lipinski definition) is 3. The standard InChI is InChI=1S/C12H15F2N3O2.ClH/c1-6(11-7(13)3-2-4-8(11)14)17-12(19)9(15)5-10(16)18;/h2-4,6,9H,5,15H2,1H3,(H2,16,18)(H,17,19);1H. The quantitative estimate of drug-likeness (QED) is 0.749. The van der Waals surface area contributed by atoms with Crippen LogP contribution in [0.1, 0.15) is 24.9 Å². The minimum Gasteiger partial charge on any atom is -0.370 e. The van der Waals surface area contributed by atoms with Gasteiger partial charge in [-0.2, -0.15) is 0 Å². The van der Waals surface area contributed by atoms with E-state index in [1.807, 2.05) is 0 Å². The van der Waals surface area contributed by atoms with Crippen molar-refractivity contribution in [2.24, 2.45) is 11.5 Å². The van der Waals surface area contributed by atoms with Crippen molar-refractivity contribution in [2.75, 3.05) is 0 Å². The van der Waals surface area contributed by atoms with Gasteiger partial charge in [0.05, 0.1) is 18.5 Å². The normalized spacial score (nSPS) is 13.0. The van der Waals surface area contributed by atoms with E-state index in [1.54, 1.807) is 0 Å². The van der Waals surface area contributed by atoms with Crippen LogP contribution >= 0.6 is 12.4 Å². The number of nitrogens with two attached hydrogens (primary N) is 2. The zero-order chi connectivity index (χ0) is 14.6. The first-order valence-electron chi connectivity index (χ1n) is 5.61. The molecule has 8 heteroatoms. The lowest BCUT2D eigenvalue weighted by atomic mass is 10.1. The van der Waals surface area contributed by atoms with Crippen molar-refractivity contribution < 1.29 is 18.4 Å². The van der Waals surface area contributed by atoms with Crippen molar-refractivity contribution in [3.63, 3.8) is 0 Å².